The number of aryl methyl sites for hydroxylation is 1. The third-order valence-corrected chi connectivity index (χ3v) is 3.52. The molecule has 0 aliphatic carbocycles. The van der Waals surface area contributed by atoms with E-state index in [-0.39, 0.29) is 18.0 Å². The zero-order chi connectivity index (χ0) is 15.3. The van der Waals surface area contributed by atoms with Crippen LogP contribution in [0.3, 0.4) is 0 Å². The van der Waals surface area contributed by atoms with Crippen LogP contribution in [0.4, 0.5) is 0 Å². The van der Waals surface area contributed by atoms with Crippen molar-refractivity contribution in [3.05, 3.63) is 35.4 Å². The van der Waals surface area contributed by atoms with Gasteiger partial charge < -0.3 is 10.6 Å². The number of likely N-dealkylation sites (N-methyl/N-ethyl adjacent to an activating group) is 2. The molecule has 1 amide bonds. The van der Waals surface area contributed by atoms with Crippen molar-refractivity contribution in [3.63, 3.8) is 0 Å². The molecule has 4 nitrogen and oxygen atoms in total. The molecule has 4 heteroatoms. The first-order chi connectivity index (χ1) is 9.36. The number of nitrogens with two attached hydrogens (primary N) is 1. The van der Waals surface area contributed by atoms with E-state index in [1.54, 1.807) is 19.0 Å². The Bertz CT molecular complexity index is 443. The van der Waals surface area contributed by atoms with Crippen molar-refractivity contribution in [3.8, 4) is 0 Å². The SMILES string of the molecule is CCN(CC(=O)N(C)C)C(c1cccc(C)c1)C(C)N. The van der Waals surface area contributed by atoms with Crippen LogP contribution >= 0.6 is 0 Å². The van der Waals surface area contributed by atoms with Gasteiger partial charge >= 0.3 is 0 Å². The summed E-state index contributed by atoms with van der Waals surface area (Å²) in [6.45, 7) is 7.32. The number of amides is 1. The maximum Gasteiger partial charge on any atom is 0.236 e. The highest BCUT2D eigenvalue weighted by Crippen LogP contribution is 2.24. The monoisotopic (exact) mass is 277 g/mol. The zero-order valence-electron chi connectivity index (χ0n) is 13.3. The first kappa shape index (κ1) is 16.7. The van der Waals surface area contributed by atoms with Gasteiger partial charge in [-0.2, -0.15) is 0 Å². The summed E-state index contributed by atoms with van der Waals surface area (Å²) >= 11 is 0. The molecule has 0 heterocycles. The van der Waals surface area contributed by atoms with E-state index in [1.807, 2.05) is 13.0 Å². The van der Waals surface area contributed by atoms with Crippen LogP contribution in [-0.4, -0.2) is 48.9 Å². The Kier molecular flexibility index (Phi) is 6.17. The topological polar surface area (TPSA) is 49.6 Å². The standard InChI is InChI=1S/C16H27N3O/c1-6-19(11-15(20)18(4)5)16(13(3)17)14-9-7-8-12(2)10-14/h7-10,13,16H,6,11,17H2,1-5H3. The molecule has 0 fully saturated rings. The van der Waals surface area contributed by atoms with Gasteiger partial charge in [-0.05, 0) is 26.0 Å². The Hall–Kier alpha value is -1.39. The van der Waals surface area contributed by atoms with Gasteiger partial charge in [0.25, 0.3) is 0 Å². The molecule has 2 N–H and O–H groups in total. The highest BCUT2D eigenvalue weighted by molar-refractivity contribution is 5.77. The minimum absolute atomic E-state index is 0.0355. The molecule has 0 radical (unpaired) electrons. The van der Waals surface area contributed by atoms with E-state index in [0.29, 0.717) is 6.54 Å². The lowest BCUT2D eigenvalue weighted by Crippen LogP contribution is -2.44. The van der Waals surface area contributed by atoms with Crippen molar-refractivity contribution in [2.45, 2.75) is 32.9 Å². The summed E-state index contributed by atoms with van der Waals surface area (Å²) in [6, 6.07) is 8.38. The van der Waals surface area contributed by atoms with Crippen molar-refractivity contribution >= 4 is 5.91 Å². The molecule has 0 saturated carbocycles. The Balaban J connectivity index is 3.01. The molecule has 2 unspecified atom stereocenters. The second-order valence-electron chi connectivity index (χ2n) is 5.57. The highest BCUT2D eigenvalue weighted by atomic mass is 16.2. The maximum atomic E-state index is 12.0. The molecule has 0 bridgehead atoms. The molecule has 0 aliphatic heterocycles. The van der Waals surface area contributed by atoms with Crippen LogP contribution in [0, 0.1) is 6.92 Å². The van der Waals surface area contributed by atoms with Crippen molar-refractivity contribution in [2.75, 3.05) is 27.2 Å². The van der Waals surface area contributed by atoms with Crippen LogP contribution < -0.4 is 5.73 Å². The van der Waals surface area contributed by atoms with Crippen molar-refractivity contribution < 1.29 is 4.79 Å². The van der Waals surface area contributed by atoms with Gasteiger partial charge in [0, 0.05) is 20.1 Å². The summed E-state index contributed by atoms with van der Waals surface area (Å²) in [5, 5.41) is 0. The molecule has 0 spiro atoms. The molecule has 0 aromatic heterocycles. The van der Waals surface area contributed by atoms with Crippen LogP contribution in [-0.2, 0) is 4.79 Å². The lowest BCUT2D eigenvalue weighted by molar-refractivity contribution is -0.130. The number of benzene rings is 1. The number of hydrogen-bond donors (Lipinski definition) is 1. The molecule has 1 aromatic rings. The average molecular weight is 277 g/mol. The Morgan fingerprint density at radius 2 is 2.00 bits per heavy atom. The van der Waals surface area contributed by atoms with Gasteiger partial charge in [0.05, 0.1) is 12.6 Å². The quantitative estimate of drug-likeness (QED) is 0.862. The smallest absolute Gasteiger partial charge is 0.236 e. The summed E-state index contributed by atoms with van der Waals surface area (Å²) in [5.41, 5.74) is 8.57. The van der Waals surface area contributed by atoms with Crippen LogP contribution in [0.25, 0.3) is 0 Å². The molecular formula is C16H27N3O. The van der Waals surface area contributed by atoms with Crippen LogP contribution in [0.1, 0.15) is 31.0 Å². The Morgan fingerprint density at radius 3 is 2.45 bits per heavy atom. The molecule has 0 aliphatic rings. The minimum atomic E-state index is -0.0355. The fourth-order valence-corrected chi connectivity index (χ4v) is 2.42. The van der Waals surface area contributed by atoms with E-state index in [1.165, 1.54) is 11.1 Å². The van der Waals surface area contributed by atoms with Crippen LogP contribution in [0.2, 0.25) is 0 Å². The molecule has 2 atom stereocenters. The molecular weight excluding hydrogens is 250 g/mol. The first-order valence-corrected chi connectivity index (χ1v) is 7.13. The zero-order valence-corrected chi connectivity index (χ0v) is 13.3. The molecule has 1 rings (SSSR count). The van der Waals surface area contributed by atoms with Crippen molar-refractivity contribution in [2.24, 2.45) is 5.73 Å². The van der Waals surface area contributed by atoms with E-state index < -0.39 is 0 Å². The van der Waals surface area contributed by atoms with Gasteiger partial charge in [-0.15, -0.1) is 0 Å². The molecule has 112 valence electrons. The minimum Gasteiger partial charge on any atom is -0.348 e. The van der Waals surface area contributed by atoms with E-state index in [2.05, 4.69) is 36.9 Å². The van der Waals surface area contributed by atoms with E-state index in [4.69, 9.17) is 5.73 Å². The summed E-state index contributed by atoms with van der Waals surface area (Å²) in [7, 11) is 3.56. The van der Waals surface area contributed by atoms with Crippen molar-refractivity contribution in [1.29, 1.82) is 0 Å². The highest BCUT2D eigenvalue weighted by Gasteiger charge is 2.25. The lowest BCUT2D eigenvalue weighted by atomic mass is 9.97. The van der Waals surface area contributed by atoms with Gasteiger partial charge in [0.2, 0.25) is 5.91 Å². The fourth-order valence-electron chi connectivity index (χ4n) is 2.42. The van der Waals surface area contributed by atoms with Crippen molar-refractivity contribution in [1.82, 2.24) is 9.80 Å². The third kappa shape index (κ3) is 4.32. The van der Waals surface area contributed by atoms with Gasteiger partial charge in [0.1, 0.15) is 0 Å². The van der Waals surface area contributed by atoms with Gasteiger partial charge in [-0.3, -0.25) is 9.69 Å². The number of hydrogen-bond acceptors (Lipinski definition) is 3. The van der Waals surface area contributed by atoms with E-state index >= 15 is 0 Å². The maximum absolute atomic E-state index is 12.0. The second kappa shape index (κ2) is 7.41. The summed E-state index contributed by atoms with van der Waals surface area (Å²) in [6.07, 6.45) is 0. The third-order valence-electron chi connectivity index (χ3n) is 3.52. The number of carbonyl (C=O) groups excluding carboxylic acids is 1. The largest absolute Gasteiger partial charge is 0.348 e. The Labute approximate surface area is 122 Å². The normalized spacial score (nSPS) is 14.2. The number of rotatable bonds is 6. The molecule has 0 saturated heterocycles. The number of nitrogens with zero attached hydrogens (tertiary/aromatic N) is 2. The van der Waals surface area contributed by atoms with Crippen LogP contribution in [0.5, 0.6) is 0 Å². The summed E-state index contributed by atoms with van der Waals surface area (Å²) in [4.78, 5) is 15.7. The van der Waals surface area contributed by atoms with Gasteiger partial charge in [-0.25, -0.2) is 0 Å². The lowest BCUT2D eigenvalue weighted by Gasteiger charge is -2.34. The van der Waals surface area contributed by atoms with E-state index in [9.17, 15) is 4.79 Å². The average Bonchev–Trinajstić information content (AvgIpc) is 2.37. The molecule has 1 aromatic carbocycles. The van der Waals surface area contributed by atoms with Gasteiger partial charge in [0.15, 0.2) is 0 Å². The first-order valence-electron chi connectivity index (χ1n) is 7.13. The molecule has 20 heavy (non-hydrogen) atoms. The number of carbonyl (C=O) groups is 1. The summed E-state index contributed by atoms with van der Waals surface area (Å²) < 4.78 is 0. The van der Waals surface area contributed by atoms with E-state index in [0.717, 1.165) is 6.54 Å². The summed E-state index contributed by atoms with van der Waals surface area (Å²) in [5.74, 6) is 0.102. The predicted octanol–water partition coefficient (Wildman–Crippen LogP) is 1.79. The predicted molar refractivity (Wildman–Crippen MR) is 83.5 cm³/mol. The van der Waals surface area contributed by atoms with Gasteiger partial charge in [-0.1, -0.05) is 36.8 Å². The Morgan fingerprint density at radius 1 is 1.35 bits per heavy atom. The van der Waals surface area contributed by atoms with Crippen LogP contribution in [0.15, 0.2) is 24.3 Å². The fraction of sp³-hybridized carbons (Fsp3) is 0.562. The second-order valence-corrected chi connectivity index (χ2v) is 5.57.